The largest absolute Gasteiger partial charge is 0.469 e. The highest BCUT2D eigenvalue weighted by Crippen LogP contribution is 2.09. The number of methoxy groups -OCH3 is 1. The maximum absolute atomic E-state index is 13.0. The Morgan fingerprint density at radius 2 is 1.78 bits per heavy atom. The zero-order chi connectivity index (χ0) is 19.6. The fraction of sp³-hybridized carbons (Fsp3) is 0.273. The summed E-state index contributed by atoms with van der Waals surface area (Å²) < 4.78 is 17.8. The molecule has 1 unspecified atom stereocenters. The van der Waals surface area contributed by atoms with Crippen molar-refractivity contribution in [3.05, 3.63) is 77.6 Å². The summed E-state index contributed by atoms with van der Waals surface area (Å²) >= 11 is 0. The highest BCUT2D eigenvalue weighted by molar-refractivity contribution is 5.92. The number of hydrogen-bond acceptors (Lipinski definition) is 3. The van der Waals surface area contributed by atoms with E-state index in [1.165, 1.54) is 25.3 Å². The van der Waals surface area contributed by atoms with Gasteiger partial charge in [0, 0.05) is 19.2 Å². The Morgan fingerprint density at radius 1 is 1.11 bits per heavy atom. The van der Waals surface area contributed by atoms with Crippen LogP contribution in [0.2, 0.25) is 0 Å². The van der Waals surface area contributed by atoms with Crippen molar-refractivity contribution in [3.8, 4) is 0 Å². The Kier molecular flexibility index (Phi) is 7.74. The minimum atomic E-state index is -0.422. The van der Waals surface area contributed by atoms with Crippen LogP contribution in [-0.4, -0.2) is 37.0 Å². The molecular weight excluding hydrogens is 345 g/mol. The van der Waals surface area contributed by atoms with E-state index in [1.54, 1.807) is 30.0 Å². The van der Waals surface area contributed by atoms with Gasteiger partial charge in [0.05, 0.1) is 13.0 Å². The SMILES string of the molecule is COC(=O)C(C)CN(CCc1ccccc1)C(=O)/C=C/c1ccc(F)cc1. The van der Waals surface area contributed by atoms with Crippen molar-refractivity contribution in [2.45, 2.75) is 13.3 Å². The van der Waals surface area contributed by atoms with Crippen LogP contribution in [0.15, 0.2) is 60.7 Å². The Morgan fingerprint density at radius 3 is 2.41 bits per heavy atom. The van der Waals surface area contributed by atoms with Crippen LogP contribution < -0.4 is 0 Å². The van der Waals surface area contributed by atoms with Crippen molar-refractivity contribution >= 4 is 18.0 Å². The minimum Gasteiger partial charge on any atom is -0.469 e. The van der Waals surface area contributed by atoms with Crippen LogP contribution in [-0.2, 0) is 20.7 Å². The van der Waals surface area contributed by atoms with Crippen molar-refractivity contribution in [3.63, 3.8) is 0 Å². The molecule has 0 fully saturated rings. The van der Waals surface area contributed by atoms with E-state index in [0.717, 1.165) is 11.1 Å². The molecule has 5 heteroatoms. The van der Waals surface area contributed by atoms with Crippen molar-refractivity contribution in [1.29, 1.82) is 0 Å². The third-order valence-corrected chi connectivity index (χ3v) is 4.21. The topological polar surface area (TPSA) is 46.6 Å². The molecule has 4 nitrogen and oxygen atoms in total. The van der Waals surface area contributed by atoms with Gasteiger partial charge in [0.15, 0.2) is 0 Å². The van der Waals surface area contributed by atoms with E-state index < -0.39 is 5.92 Å². The predicted molar refractivity (Wildman–Crippen MR) is 103 cm³/mol. The van der Waals surface area contributed by atoms with Crippen LogP contribution in [0.3, 0.4) is 0 Å². The summed E-state index contributed by atoms with van der Waals surface area (Å²) in [4.78, 5) is 26.0. The molecule has 0 heterocycles. The van der Waals surface area contributed by atoms with Gasteiger partial charge < -0.3 is 9.64 Å². The first-order valence-electron chi connectivity index (χ1n) is 8.84. The summed E-state index contributed by atoms with van der Waals surface area (Å²) in [6.07, 6.45) is 3.77. The van der Waals surface area contributed by atoms with Gasteiger partial charge in [0.1, 0.15) is 5.82 Å². The number of nitrogens with zero attached hydrogens (tertiary/aromatic N) is 1. The Labute approximate surface area is 159 Å². The van der Waals surface area contributed by atoms with Crippen LogP contribution >= 0.6 is 0 Å². The molecule has 1 amide bonds. The Balaban J connectivity index is 2.07. The summed E-state index contributed by atoms with van der Waals surface area (Å²) in [5.74, 6) is -1.30. The summed E-state index contributed by atoms with van der Waals surface area (Å²) in [6.45, 7) is 2.49. The number of halogens is 1. The molecule has 0 spiro atoms. The second-order valence-electron chi connectivity index (χ2n) is 6.33. The van der Waals surface area contributed by atoms with E-state index in [-0.39, 0.29) is 24.2 Å². The monoisotopic (exact) mass is 369 g/mol. The van der Waals surface area contributed by atoms with Crippen LogP contribution in [0.5, 0.6) is 0 Å². The van der Waals surface area contributed by atoms with Gasteiger partial charge in [-0.1, -0.05) is 49.4 Å². The third kappa shape index (κ3) is 6.70. The standard InChI is InChI=1S/C22H24FNO3/c1-17(22(26)27-2)16-24(15-14-18-6-4-3-5-7-18)21(25)13-10-19-8-11-20(23)12-9-19/h3-13,17H,14-16H2,1-2H3/b13-10+. The van der Waals surface area contributed by atoms with E-state index in [2.05, 4.69) is 0 Å². The van der Waals surface area contributed by atoms with Gasteiger partial charge >= 0.3 is 5.97 Å². The average molecular weight is 369 g/mol. The maximum atomic E-state index is 13.0. The molecule has 0 radical (unpaired) electrons. The van der Waals surface area contributed by atoms with Gasteiger partial charge in [-0.15, -0.1) is 0 Å². The van der Waals surface area contributed by atoms with Crippen molar-refractivity contribution in [2.75, 3.05) is 20.2 Å². The van der Waals surface area contributed by atoms with E-state index in [4.69, 9.17) is 4.74 Å². The lowest BCUT2D eigenvalue weighted by molar-refractivity contribution is -0.146. The molecule has 0 saturated heterocycles. The number of benzene rings is 2. The second kappa shape index (κ2) is 10.3. The first-order chi connectivity index (χ1) is 13.0. The van der Waals surface area contributed by atoms with Crippen LogP contribution in [0.25, 0.3) is 6.08 Å². The molecular formula is C22H24FNO3. The van der Waals surface area contributed by atoms with Gasteiger partial charge in [0.2, 0.25) is 5.91 Å². The fourth-order valence-corrected chi connectivity index (χ4v) is 2.65. The third-order valence-electron chi connectivity index (χ3n) is 4.21. The van der Waals surface area contributed by atoms with E-state index in [0.29, 0.717) is 13.0 Å². The molecule has 27 heavy (non-hydrogen) atoms. The Hall–Kier alpha value is -2.95. The van der Waals surface area contributed by atoms with Crippen molar-refractivity contribution in [1.82, 2.24) is 4.90 Å². The number of carbonyl (C=O) groups excluding carboxylic acids is 2. The fourth-order valence-electron chi connectivity index (χ4n) is 2.65. The molecule has 2 aromatic rings. The molecule has 0 bridgehead atoms. The number of ether oxygens (including phenoxy) is 1. The minimum absolute atomic E-state index is 0.203. The highest BCUT2D eigenvalue weighted by Gasteiger charge is 2.20. The first-order valence-corrected chi connectivity index (χ1v) is 8.84. The molecule has 0 aliphatic heterocycles. The molecule has 0 aliphatic rings. The normalized spacial score (nSPS) is 12.0. The summed E-state index contributed by atoms with van der Waals surface area (Å²) in [5, 5.41) is 0. The zero-order valence-corrected chi connectivity index (χ0v) is 15.6. The molecule has 1 atom stereocenters. The summed E-state index contributed by atoms with van der Waals surface area (Å²) in [6, 6.07) is 15.7. The number of hydrogen-bond donors (Lipinski definition) is 0. The summed E-state index contributed by atoms with van der Waals surface area (Å²) in [7, 11) is 1.34. The molecule has 0 aliphatic carbocycles. The van der Waals surface area contributed by atoms with Crippen LogP contribution in [0, 0.1) is 11.7 Å². The van der Waals surface area contributed by atoms with E-state index >= 15 is 0 Å². The Bertz CT molecular complexity index is 772. The molecule has 2 rings (SSSR count). The maximum Gasteiger partial charge on any atom is 0.310 e. The number of esters is 1. The molecule has 142 valence electrons. The van der Waals surface area contributed by atoms with Gasteiger partial charge in [-0.25, -0.2) is 4.39 Å². The van der Waals surface area contributed by atoms with Crippen LogP contribution in [0.1, 0.15) is 18.1 Å². The predicted octanol–water partition coefficient (Wildman–Crippen LogP) is 3.72. The van der Waals surface area contributed by atoms with Gasteiger partial charge in [-0.3, -0.25) is 9.59 Å². The van der Waals surface area contributed by atoms with Gasteiger partial charge in [-0.05, 0) is 35.8 Å². The van der Waals surface area contributed by atoms with Crippen LogP contribution in [0.4, 0.5) is 4.39 Å². The zero-order valence-electron chi connectivity index (χ0n) is 15.6. The van der Waals surface area contributed by atoms with Gasteiger partial charge in [-0.2, -0.15) is 0 Å². The first kappa shape index (κ1) is 20.4. The lowest BCUT2D eigenvalue weighted by Gasteiger charge is -2.24. The average Bonchev–Trinajstić information content (AvgIpc) is 2.70. The number of amides is 1. The molecule has 0 N–H and O–H groups in total. The molecule has 2 aromatic carbocycles. The smallest absolute Gasteiger partial charge is 0.310 e. The van der Waals surface area contributed by atoms with Crippen molar-refractivity contribution in [2.24, 2.45) is 5.92 Å². The highest BCUT2D eigenvalue weighted by atomic mass is 19.1. The number of rotatable bonds is 8. The molecule has 0 aromatic heterocycles. The van der Waals surface area contributed by atoms with E-state index in [9.17, 15) is 14.0 Å². The number of carbonyl (C=O) groups is 2. The quantitative estimate of drug-likeness (QED) is 0.526. The van der Waals surface area contributed by atoms with E-state index in [1.807, 2.05) is 30.3 Å². The van der Waals surface area contributed by atoms with Crippen molar-refractivity contribution < 1.29 is 18.7 Å². The second-order valence-corrected chi connectivity index (χ2v) is 6.33. The van der Waals surface area contributed by atoms with Gasteiger partial charge in [0.25, 0.3) is 0 Å². The molecule has 0 saturated carbocycles. The lowest BCUT2D eigenvalue weighted by atomic mass is 10.1. The lowest BCUT2D eigenvalue weighted by Crippen LogP contribution is -2.37. The summed E-state index contributed by atoms with van der Waals surface area (Å²) in [5.41, 5.74) is 1.84.